The fourth-order valence-electron chi connectivity index (χ4n) is 2.83. The summed E-state index contributed by atoms with van der Waals surface area (Å²) >= 11 is 0. The summed E-state index contributed by atoms with van der Waals surface area (Å²) < 4.78 is 3.96. The Bertz CT molecular complexity index is 678. The summed E-state index contributed by atoms with van der Waals surface area (Å²) in [5.41, 5.74) is 0. The molecule has 0 saturated carbocycles. The Balaban J connectivity index is 1.74. The Morgan fingerprint density at radius 2 is 2.17 bits per heavy atom. The van der Waals surface area contributed by atoms with Crippen LogP contribution in [-0.2, 0) is 29.2 Å². The van der Waals surface area contributed by atoms with Crippen LogP contribution in [0.3, 0.4) is 0 Å². The van der Waals surface area contributed by atoms with Crippen molar-refractivity contribution in [2.45, 2.75) is 26.6 Å². The number of carbonyl (C=O) groups is 2. The topological polar surface area (TPSA) is 85.0 Å². The van der Waals surface area contributed by atoms with Gasteiger partial charge in [-0.25, -0.2) is 4.98 Å². The van der Waals surface area contributed by atoms with Gasteiger partial charge in [0.1, 0.15) is 5.82 Å². The van der Waals surface area contributed by atoms with Crippen molar-refractivity contribution < 1.29 is 9.59 Å². The van der Waals surface area contributed by atoms with E-state index < -0.39 is 0 Å². The molecule has 0 saturated heterocycles. The predicted octanol–water partition coefficient (Wildman–Crippen LogP) is -0.126. The highest BCUT2D eigenvalue weighted by molar-refractivity contribution is 5.83. The quantitative estimate of drug-likeness (QED) is 0.852. The zero-order valence-electron chi connectivity index (χ0n) is 13.1. The molecule has 2 amide bonds. The van der Waals surface area contributed by atoms with E-state index in [1.165, 1.54) is 6.92 Å². The Kier molecular flexibility index (Phi) is 4.40. The van der Waals surface area contributed by atoms with Crippen LogP contribution in [0.25, 0.3) is 0 Å². The molecule has 1 N–H and O–H groups in total. The van der Waals surface area contributed by atoms with Crippen LogP contribution in [0, 0.1) is 5.92 Å². The van der Waals surface area contributed by atoms with Crippen molar-refractivity contribution in [1.82, 2.24) is 29.5 Å². The fourth-order valence-corrected chi connectivity index (χ4v) is 2.83. The summed E-state index contributed by atoms with van der Waals surface area (Å²) in [6, 6.07) is 1.89. The zero-order chi connectivity index (χ0) is 16.2. The van der Waals surface area contributed by atoms with Crippen LogP contribution in [-0.4, -0.2) is 49.1 Å². The Morgan fingerprint density at radius 3 is 2.91 bits per heavy atom. The summed E-state index contributed by atoms with van der Waals surface area (Å²) in [6.07, 6.45) is 7.36. The van der Waals surface area contributed by atoms with E-state index in [-0.39, 0.29) is 24.3 Å². The van der Waals surface area contributed by atoms with Crippen molar-refractivity contribution >= 4 is 11.8 Å². The number of aromatic nitrogens is 4. The van der Waals surface area contributed by atoms with E-state index in [0.29, 0.717) is 13.1 Å². The number of hydrogen-bond acceptors (Lipinski definition) is 4. The van der Waals surface area contributed by atoms with Crippen molar-refractivity contribution in [2.24, 2.45) is 5.92 Å². The van der Waals surface area contributed by atoms with Gasteiger partial charge in [0.15, 0.2) is 0 Å². The molecule has 0 bridgehead atoms. The molecule has 2 aromatic rings. The molecular formula is C15H20N6O2. The first-order valence-corrected chi connectivity index (χ1v) is 7.61. The lowest BCUT2D eigenvalue weighted by Gasteiger charge is -2.24. The molecule has 0 aliphatic carbocycles. The highest BCUT2D eigenvalue weighted by Crippen LogP contribution is 2.17. The first kappa shape index (κ1) is 15.3. The van der Waals surface area contributed by atoms with Gasteiger partial charge in [0.2, 0.25) is 11.8 Å². The Labute approximate surface area is 134 Å². The number of rotatable bonds is 4. The van der Waals surface area contributed by atoms with Crippen molar-refractivity contribution in [1.29, 1.82) is 0 Å². The highest BCUT2D eigenvalue weighted by Gasteiger charge is 2.25. The number of amides is 2. The number of imidazole rings is 1. The van der Waals surface area contributed by atoms with E-state index in [1.807, 2.05) is 23.1 Å². The monoisotopic (exact) mass is 316 g/mol. The minimum Gasteiger partial charge on any atom is -0.347 e. The van der Waals surface area contributed by atoms with E-state index in [0.717, 1.165) is 18.9 Å². The predicted molar refractivity (Wildman–Crippen MR) is 82.0 cm³/mol. The average molecular weight is 316 g/mol. The lowest BCUT2D eigenvalue weighted by Crippen LogP contribution is -2.41. The normalized spacial score (nSPS) is 17.4. The van der Waals surface area contributed by atoms with Gasteiger partial charge in [-0.15, -0.1) is 0 Å². The van der Waals surface area contributed by atoms with Crippen molar-refractivity contribution in [2.75, 3.05) is 13.1 Å². The van der Waals surface area contributed by atoms with E-state index in [2.05, 4.69) is 20.0 Å². The third kappa shape index (κ3) is 3.77. The third-order valence-electron chi connectivity index (χ3n) is 3.91. The molecule has 3 rings (SSSR count). The number of nitrogens with one attached hydrogen (secondary N) is 1. The van der Waals surface area contributed by atoms with Crippen molar-refractivity contribution in [3.8, 4) is 0 Å². The number of fused-ring (bicyclic) bond motifs is 1. The second-order valence-corrected chi connectivity index (χ2v) is 5.77. The van der Waals surface area contributed by atoms with Crippen LogP contribution in [0.5, 0.6) is 0 Å². The minimum absolute atomic E-state index is 0.0184. The molecular weight excluding hydrogens is 296 g/mol. The van der Waals surface area contributed by atoms with Gasteiger partial charge >= 0.3 is 0 Å². The van der Waals surface area contributed by atoms with E-state index in [9.17, 15) is 9.59 Å². The van der Waals surface area contributed by atoms with Gasteiger partial charge in [-0.1, -0.05) is 0 Å². The van der Waals surface area contributed by atoms with E-state index >= 15 is 0 Å². The molecule has 3 heterocycles. The minimum atomic E-state index is -0.206. The number of nitrogens with zero attached hydrogens (tertiary/aromatic N) is 5. The number of hydrogen-bond donors (Lipinski definition) is 1. The van der Waals surface area contributed by atoms with Crippen LogP contribution in [0.4, 0.5) is 0 Å². The molecule has 2 aromatic heterocycles. The lowest BCUT2D eigenvalue weighted by atomic mass is 10.1. The fraction of sp³-hybridized carbons (Fsp3) is 0.467. The van der Waals surface area contributed by atoms with Gasteiger partial charge < -0.3 is 14.8 Å². The van der Waals surface area contributed by atoms with Gasteiger partial charge in [-0.2, -0.15) is 5.10 Å². The van der Waals surface area contributed by atoms with E-state index in [1.54, 1.807) is 17.3 Å². The van der Waals surface area contributed by atoms with Gasteiger partial charge in [-0.3, -0.25) is 14.3 Å². The van der Waals surface area contributed by atoms with Crippen LogP contribution in [0.15, 0.2) is 30.9 Å². The Morgan fingerprint density at radius 1 is 1.30 bits per heavy atom. The van der Waals surface area contributed by atoms with Crippen LogP contribution < -0.4 is 5.32 Å². The lowest BCUT2D eigenvalue weighted by molar-refractivity contribution is -0.133. The molecule has 0 aromatic carbocycles. The first-order valence-electron chi connectivity index (χ1n) is 7.61. The molecule has 0 radical (unpaired) electrons. The number of carbonyl (C=O) groups excluding carboxylic acids is 2. The largest absolute Gasteiger partial charge is 0.347 e. The van der Waals surface area contributed by atoms with Crippen molar-refractivity contribution in [3.63, 3.8) is 0 Å². The first-order chi connectivity index (χ1) is 11.1. The highest BCUT2D eigenvalue weighted by atomic mass is 16.2. The van der Waals surface area contributed by atoms with Crippen LogP contribution in [0.1, 0.15) is 12.7 Å². The molecule has 8 heteroatoms. The van der Waals surface area contributed by atoms with Gasteiger partial charge in [0.05, 0.1) is 13.1 Å². The standard InChI is InChI=1S/C15H20N6O2/c1-12(22)17-7-15(23)20-9-13(10-21-5-2-3-18-21)8-19-6-4-16-14(19)11-20/h2-6,13H,7-11H2,1H3,(H,17,22)/t13-/m1/s1. The second-order valence-electron chi connectivity index (χ2n) is 5.77. The molecule has 0 unspecified atom stereocenters. The van der Waals surface area contributed by atoms with Crippen molar-refractivity contribution in [3.05, 3.63) is 36.7 Å². The van der Waals surface area contributed by atoms with Gasteiger partial charge in [0.25, 0.3) is 0 Å². The molecule has 0 fully saturated rings. The van der Waals surface area contributed by atoms with Gasteiger partial charge in [0, 0.05) is 57.3 Å². The van der Waals surface area contributed by atoms with Gasteiger partial charge in [-0.05, 0) is 6.07 Å². The smallest absolute Gasteiger partial charge is 0.242 e. The molecule has 1 atom stereocenters. The maximum Gasteiger partial charge on any atom is 0.242 e. The maximum absolute atomic E-state index is 12.4. The molecule has 23 heavy (non-hydrogen) atoms. The van der Waals surface area contributed by atoms with Crippen LogP contribution in [0.2, 0.25) is 0 Å². The Hall–Kier alpha value is -2.64. The molecule has 0 spiro atoms. The summed E-state index contributed by atoms with van der Waals surface area (Å²) in [5, 5.41) is 6.81. The average Bonchev–Trinajstić information content (AvgIpc) is 3.13. The molecule has 1 aliphatic heterocycles. The second kappa shape index (κ2) is 6.64. The van der Waals surface area contributed by atoms with Crippen LogP contribution >= 0.6 is 0 Å². The summed E-state index contributed by atoms with van der Waals surface area (Å²) in [7, 11) is 0. The summed E-state index contributed by atoms with van der Waals surface area (Å²) in [4.78, 5) is 29.5. The third-order valence-corrected chi connectivity index (χ3v) is 3.91. The zero-order valence-corrected chi connectivity index (χ0v) is 13.1. The summed E-state index contributed by atoms with van der Waals surface area (Å²) in [6.45, 7) is 4.02. The SMILES string of the molecule is CC(=O)NCC(=O)N1Cc2nccn2C[C@@H](Cn2cccn2)C1. The molecule has 8 nitrogen and oxygen atoms in total. The summed E-state index contributed by atoms with van der Waals surface area (Å²) in [5.74, 6) is 0.792. The molecule has 1 aliphatic rings. The van der Waals surface area contributed by atoms with E-state index in [4.69, 9.17) is 0 Å². The molecule has 122 valence electrons. The maximum atomic E-state index is 12.4.